The molecular formula is C50H32N2O. The van der Waals surface area contributed by atoms with E-state index in [4.69, 9.17) is 4.42 Å². The number of fused-ring (bicyclic) bond motifs is 8. The number of nitrogens with zero attached hydrogens (tertiary/aromatic N) is 2. The van der Waals surface area contributed by atoms with Gasteiger partial charge in [0.1, 0.15) is 5.58 Å². The van der Waals surface area contributed by atoms with Crippen molar-refractivity contribution in [2.45, 2.75) is 0 Å². The Kier molecular flexibility index (Phi) is 6.55. The van der Waals surface area contributed by atoms with Gasteiger partial charge in [-0.15, -0.1) is 0 Å². The molecule has 3 aromatic heterocycles. The highest BCUT2D eigenvalue weighted by Gasteiger charge is 2.20. The Morgan fingerprint density at radius 1 is 0.302 bits per heavy atom. The van der Waals surface area contributed by atoms with Crippen molar-refractivity contribution in [1.29, 1.82) is 0 Å². The second kappa shape index (κ2) is 11.7. The average molecular weight is 677 g/mol. The first-order valence-electron chi connectivity index (χ1n) is 18.1. The van der Waals surface area contributed by atoms with Gasteiger partial charge in [-0.25, -0.2) is 0 Å². The van der Waals surface area contributed by atoms with Crippen LogP contribution in [0.15, 0.2) is 199 Å². The van der Waals surface area contributed by atoms with Gasteiger partial charge >= 0.3 is 0 Å². The van der Waals surface area contributed by atoms with Crippen LogP contribution in [-0.2, 0) is 0 Å². The normalized spacial score (nSPS) is 11.8. The lowest BCUT2D eigenvalue weighted by Crippen LogP contribution is -1.93. The third kappa shape index (κ3) is 4.68. The molecule has 0 aliphatic heterocycles. The van der Waals surface area contributed by atoms with Gasteiger partial charge in [-0.2, -0.15) is 0 Å². The van der Waals surface area contributed by atoms with Gasteiger partial charge in [-0.3, -0.25) is 4.57 Å². The average Bonchev–Trinajstić information content (AvgIpc) is 3.88. The SMILES string of the molecule is c1ccc(-c2ccc3c(c2)c2cc(-c4ccc(-c5ccc6oc7c(c6c5)c5ccccc5n7-c5ccccc5)cc4)ccc2n3-c2ccccc2)cc1. The van der Waals surface area contributed by atoms with Crippen LogP contribution >= 0.6 is 0 Å². The summed E-state index contributed by atoms with van der Waals surface area (Å²) in [5.41, 5.74) is 14.7. The molecule has 0 saturated heterocycles. The molecular weight excluding hydrogens is 645 g/mol. The van der Waals surface area contributed by atoms with E-state index >= 15 is 0 Å². The van der Waals surface area contributed by atoms with E-state index in [9.17, 15) is 0 Å². The van der Waals surface area contributed by atoms with Crippen LogP contribution < -0.4 is 0 Å². The summed E-state index contributed by atoms with van der Waals surface area (Å²) in [6.45, 7) is 0. The Labute approximate surface area is 306 Å². The Morgan fingerprint density at radius 3 is 1.34 bits per heavy atom. The molecule has 0 saturated carbocycles. The van der Waals surface area contributed by atoms with E-state index in [-0.39, 0.29) is 0 Å². The molecule has 11 rings (SSSR count). The largest absolute Gasteiger partial charge is 0.439 e. The Balaban J connectivity index is 1.02. The highest BCUT2D eigenvalue weighted by molar-refractivity contribution is 6.20. The molecule has 0 atom stereocenters. The minimum Gasteiger partial charge on any atom is -0.439 e. The molecule has 8 aromatic carbocycles. The first-order chi connectivity index (χ1) is 26.3. The van der Waals surface area contributed by atoms with E-state index in [0.29, 0.717) is 0 Å². The second-order valence-corrected chi connectivity index (χ2v) is 13.8. The van der Waals surface area contributed by atoms with E-state index in [1.165, 1.54) is 55.0 Å². The second-order valence-electron chi connectivity index (χ2n) is 13.8. The van der Waals surface area contributed by atoms with Crippen LogP contribution in [0.4, 0.5) is 0 Å². The summed E-state index contributed by atoms with van der Waals surface area (Å²) in [5.74, 6) is 0. The summed E-state index contributed by atoms with van der Waals surface area (Å²) in [5, 5.41) is 5.96. The molecule has 53 heavy (non-hydrogen) atoms. The van der Waals surface area contributed by atoms with Crippen LogP contribution in [0.2, 0.25) is 0 Å². The Bertz CT molecular complexity index is 3130. The predicted molar refractivity (Wildman–Crippen MR) is 221 cm³/mol. The molecule has 0 aliphatic rings. The van der Waals surface area contributed by atoms with E-state index in [2.05, 4.69) is 197 Å². The molecule has 3 nitrogen and oxygen atoms in total. The van der Waals surface area contributed by atoms with Crippen molar-refractivity contribution in [2.24, 2.45) is 0 Å². The van der Waals surface area contributed by atoms with Gasteiger partial charge in [0.15, 0.2) is 0 Å². The van der Waals surface area contributed by atoms with Gasteiger partial charge < -0.3 is 8.98 Å². The van der Waals surface area contributed by atoms with Crippen LogP contribution in [0.1, 0.15) is 0 Å². The first-order valence-corrected chi connectivity index (χ1v) is 18.1. The number of para-hydroxylation sites is 3. The van der Waals surface area contributed by atoms with Crippen LogP contribution in [0.3, 0.4) is 0 Å². The lowest BCUT2D eigenvalue weighted by Gasteiger charge is -2.09. The summed E-state index contributed by atoms with van der Waals surface area (Å²) >= 11 is 0. The highest BCUT2D eigenvalue weighted by atomic mass is 16.3. The first kappa shape index (κ1) is 29.6. The molecule has 0 unspecified atom stereocenters. The minimum atomic E-state index is 0.875. The van der Waals surface area contributed by atoms with E-state index in [0.717, 1.165) is 44.5 Å². The lowest BCUT2D eigenvalue weighted by atomic mass is 9.97. The van der Waals surface area contributed by atoms with Crippen LogP contribution in [0.25, 0.3) is 99.5 Å². The van der Waals surface area contributed by atoms with Gasteiger partial charge in [0.2, 0.25) is 5.71 Å². The molecule has 0 spiro atoms. The molecule has 0 fully saturated rings. The molecule has 3 heteroatoms. The van der Waals surface area contributed by atoms with Gasteiger partial charge in [0.05, 0.1) is 21.9 Å². The zero-order valence-electron chi connectivity index (χ0n) is 28.8. The number of aromatic nitrogens is 2. The summed E-state index contributed by atoms with van der Waals surface area (Å²) in [6.07, 6.45) is 0. The quantitative estimate of drug-likeness (QED) is 0.178. The fourth-order valence-corrected chi connectivity index (χ4v) is 8.23. The fourth-order valence-electron chi connectivity index (χ4n) is 8.23. The Hall–Kier alpha value is -7.10. The number of furan rings is 1. The van der Waals surface area contributed by atoms with E-state index in [1.807, 2.05) is 6.07 Å². The smallest absolute Gasteiger partial charge is 0.213 e. The van der Waals surface area contributed by atoms with Crippen molar-refractivity contribution < 1.29 is 4.42 Å². The molecule has 248 valence electrons. The van der Waals surface area contributed by atoms with Crippen molar-refractivity contribution >= 4 is 54.8 Å². The number of hydrogen-bond donors (Lipinski definition) is 0. The van der Waals surface area contributed by atoms with Crippen LogP contribution in [0, 0.1) is 0 Å². The van der Waals surface area contributed by atoms with Crippen molar-refractivity contribution in [2.75, 3.05) is 0 Å². The van der Waals surface area contributed by atoms with Gasteiger partial charge in [-0.05, 0) is 100 Å². The van der Waals surface area contributed by atoms with Crippen molar-refractivity contribution in [3.63, 3.8) is 0 Å². The van der Waals surface area contributed by atoms with Gasteiger partial charge in [0, 0.05) is 32.9 Å². The molecule has 0 amide bonds. The zero-order chi connectivity index (χ0) is 34.9. The van der Waals surface area contributed by atoms with Crippen molar-refractivity contribution in [3.8, 4) is 44.8 Å². The third-order valence-electron chi connectivity index (χ3n) is 10.7. The van der Waals surface area contributed by atoms with E-state index in [1.54, 1.807) is 0 Å². The minimum absolute atomic E-state index is 0.875. The predicted octanol–water partition coefficient (Wildman–Crippen LogP) is 13.6. The molecule has 11 aromatic rings. The summed E-state index contributed by atoms with van der Waals surface area (Å²) in [7, 11) is 0. The standard InChI is InChI=1S/C50H32N2O/c1-4-12-33(13-5-1)36-24-27-46-42(30-36)43-31-37(25-28-47(43)51(46)39-14-6-2-7-15-39)34-20-22-35(23-21-34)38-26-29-48-44(32-38)49-41-18-10-11-19-45(41)52(50(49)53-48)40-16-8-3-9-17-40/h1-32H. The summed E-state index contributed by atoms with van der Waals surface area (Å²) < 4.78 is 11.2. The molecule has 0 radical (unpaired) electrons. The van der Waals surface area contributed by atoms with Crippen LogP contribution in [-0.4, -0.2) is 9.13 Å². The maximum absolute atomic E-state index is 6.58. The van der Waals surface area contributed by atoms with Gasteiger partial charge in [-0.1, -0.05) is 127 Å². The molecule has 0 bridgehead atoms. The fraction of sp³-hybridized carbons (Fsp3) is 0. The molecule has 3 heterocycles. The molecule has 0 N–H and O–H groups in total. The monoisotopic (exact) mass is 676 g/mol. The number of rotatable bonds is 5. The zero-order valence-corrected chi connectivity index (χ0v) is 28.8. The van der Waals surface area contributed by atoms with Crippen LogP contribution in [0.5, 0.6) is 0 Å². The molecule has 0 aliphatic carbocycles. The number of hydrogen-bond acceptors (Lipinski definition) is 1. The Morgan fingerprint density at radius 2 is 0.736 bits per heavy atom. The maximum atomic E-state index is 6.58. The lowest BCUT2D eigenvalue weighted by molar-refractivity contribution is 0.645. The maximum Gasteiger partial charge on any atom is 0.213 e. The topological polar surface area (TPSA) is 23.0 Å². The summed E-state index contributed by atoms with van der Waals surface area (Å²) in [4.78, 5) is 0. The van der Waals surface area contributed by atoms with E-state index < -0.39 is 0 Å². The highest BCUT2D eigenvalue weighted by Crippen LogP contribution is 2.41. The third-order valence-corrected chi connectivity index (χ3v) is 10.7. The summed E-state index contributed by atoms with van der Waals surface area (Å²) in [6, 6.07) is 69.6. The van der Waals surface area contributed by atoms with Gasteiger partial charge in [0.25, 0.3) is 0 Å². The van der Waals surface area contributed by atoms with Crippen molar-refractivity contribution in [1.82, 2.24) is 9.13 Å². The number of benzene rings is 8. The van der Waals surface area contributed by atoms with Crippen molar-refractivity contribution in [3.05, 3.63) is 194 Å².